The molecule has 3 amide bonds. The third-order valence-electron chi connectivity index (χ3n) is 10.5. The second kappa shape index (κ2) is 16.4. The van der Waals surface area contributed by atoms with E-state index in [4.69, 9.17) is 4.74 Å². The number of hydrogen-bond acceptors (Lipinski definition) is 8. The Hall–Kier alpha value is -4.55. The van der Waals surface area contributed by atoms with Crippen molar-refractivity contribution in [3.8, 4) is 5.75 Å². The molecule has 3 aromatic carbocycles. The van der Waals surface area contributed by atoms with Gasteiger partial charge in [0, 0.05) is 36.7 Å². The predicted molar refractivity (Wildman–Crippen MR) is 199 cm³/mol. The first kappa shape index (κ1) is 37.2. The zero-order valence-electron chi connectivity index (χ0n) is 30.0. The molecule has 3 heterocycles. The SMILES string of the molecule is CCOc1ccc2c(c1)CC(NCCCCO)C(=O)N2c1ccc(CN2C(=O)[C@](O)([C@H](C)/C=C/CC(=O)N3CCC[C@H]3CO)c3ccccc32)cc1. The van der Waals surface area contributed by atoms with E-state index in [0.29, 0.717) is 49.5 Å². The fourth-order valence-corrected chi connectivity index (χ4v) is 7.70. The standard InChI is InChI=1S/C41H50N4O7/c1-3-52-33-19-20-36-30(24-33)25-35(42-21-6-7-23-46)39(49)45(36)31-17-15-29(16-18-31)26-44-37-13-5-4-12-34(37)41(51,40(44)50)28(2)10-8-14-38(48)43-22-9-11-32(43)27-47/h4-5,8,10,12-13,15-20,24,28,32,35,42,46-47,51H,3,6-7,9,11,14,21-23,25-27H2,1-2H3/b10-8+/t28-,32+,35?,41+/m1/s1. The van der Waals surface area contributed by atoms with Gasteiger partial charge in [-0.3, -0.25) is 19.3 Å². The average Bonchev–Trinajstić information content (AvgIpc) is 3.72. The number of hydrogen-bond donors (Lipinski definition) is 4. The van der Waals surface area contributed by atoms with E-state index >= 15 is 0 Å². The molecule has 0 spiro atoms. The van der Waals surface area contributed by atoms with Crippen LogP contribution >= 0.6 is 0 Å². The van der Waals surface area contributed by atoms with Crippen molar-refractivity contribution in [2.75, 3.05) is 42.7 Å². The number of carbonyl (C=O) groups is 3. The van der Waals surface area contributed by atoms with Gasteiger partial charge in [-0.2, -0.15) is 0 Å². The van der Waals surface area contributed by atoms with E-state index in [9.17, 15) is 29.7 Å². The van der Waals surface area contributed by atoms with E-state index in [0.717, 1.165) is 41.8 Å². The third kappa shape index (κ3) is 7.36. The number of anilines is 3. The molecule has 11 nitrogen and oxygen atoms in total. The van der Waals surface area contributed by atoms with Crippen molar-refractivity contribution in [2.45, 2.75) is 76.6 Å². The predicted octanol–water partition coefficient (Wildman–Crippen LogP) is 4.34. The Morgan fingerprint density at radius 1 is 1.06 bits per heavy atom. The molecule has 4 N–H and O–H groups in total. The Labute approximate surface area is 305 Å². The second-order valence-corrected chi connectivity index (χ2v) is 13.9. The Balaban J connectivity index is 1.20. The van der Waals surface area contributed by atoms with Gasteiger partial charge in [0.15, 0.2) is 5.60 Å². The average molecular weight is 711 g/mol. The number of fused-ring (bicyclic) bond motifs is 2. The van der Waals surface area contributed by atoms with Crippen LogP contribution in [0.5, 0.6) is 5.75 Å². The largest absolute Gasteiger partial charge is 0.494 e. The highest BCUT2D eigenvalue weighted by atomic mass is 16.5. The number of aliphatic hydroxyl groups excluding tert-OH is 2. The van der Waals surface area contributed by atoms with Crippen LogP contribution in [0.1, 0.15) is 62.6 Å². The molecule has 4 atom stereocenters. The van der Waals surface area contributed by atoms with Gasteiger partial charge in [-0.1, -0.05) is 49.4 Å². The summed E-state index contributed by atoms with van der Waals surface area (Å²) in [6, 6.07) is 20.0. The summed E-state index contributed by atoms with van der Waals surface area (Å²) in [7, 11) is 0. The van der Waals surface area contributed by atoms with Crippen LogP contribution in [0, 0.1) is 5.92 Å². The molecule has 276 valence electrons. The Kier molecular flexibility index (Phi) is 11.7. The van der Waals surface area contributed by atoms with Crippen LogP contribution in [0.4, 0.5) is 17.1 Å². The number of carbonyl (C=O) groups excluding carboxylic acids is 3. The molecule has 3 aromatic rings. The van der Waals surface area contributed by atoms with Crippen molar-refractivity contribution in [1.29, 1.82) is 0 Å². The minimum Gasteiger partial charge on any atom is -0.494 e. The number of nitrogens with zero attached hydrogens (tertiary/aromatic N) is 3. The molecule has 0 aromatic heterocycles. The molecule has 3 aliphatic rings. The second-order valence-electron chi connectivity index (χ2n) is 13.9. The fourth-order valence-electron chi connectivity index (χ4n) is 7.70. The van der Waals surface area contributed by atoms with Crippen molar-refractivity contribution < 1.29 is 34.4 Å². The quantitative estimate of drug-likeness (QED) is 0.135. The smallest absolute Gasteiger partial charge is 0.264 e. The number of unbranched alkanes of at least 4 members (excludes halogenated alkanes) is 1. The zero-order chi connectivity index (χ0) is 36.8. The van der Waals surface area contributed by atoms with Crippen molar-refractivity contribution in [1.82, 2.24) is 10.2 Å². The summed E-state index contributed by atoms with van der Waals surface area (Å²) in [4.78, 5) is 45.9. The van der Waals surface area contributed by atoms with Crippen LogP contribution in [-0.4, -0.2) is 82.9 Å². The van der Waals surface area contributed by atoms with Gasteiger partial charge in [0.2, 0.25) is 11.8 Å². The van der Waals surface area contributed by atoms with Crippen LogP contribution in [-0.2, 0) is 33.0 Å². The molecular formula is C41H50N4O7. The summed E-state index contributed by atoms with van der Waals surface area (Å²) in [6.07, 6.45) is 7.16. The molecule has 0 bridgehead atoms. The lowest BCUT2D eigenvalue weighted by molar-refractivity contribution is -0.139. The lowest BCUT2D eigenvalue weighted by atomic mass is 9.83. The monoisotopic (exact) mass is 710 g/mol. The van der Waals surface area contributed by atoms with Crippen molar-refractivity contribution in [3.05, 3.63) is 95.6 Å². The lowest BCUT2D eigenvalue weighted by Crippen LogP contribution is -2.49. The number of para-hydroxylation sites is 1. The van der Waals surface area contributed by atoms with Crippen LogP contribution in [0.25, 0.3) is 0 Å². The van der Waals surface area contributed by atoms with Gasteiger partial charge < -0.3 is 35.2 Å². The molecule has 6 rings (SSSR count). The molecule has 0 aliphatic carbocycles. The molecule has 0 radical (unpaired) electrons. The highest BCUT2D eigenvalue weighted by Crippen LogP contribution is 2.46. The Bertz CT molecular complexity index is 1780. The van der Waals surface area contributed by atoms with E-state index in [-0.39, 0.29) is 44.0 Å². The summed E-state index contributed by atoms with van der Waals surface area (Å²) in [5.41, 5.74) is 2.62. The van der Waals surface area contributed by atoms with Crippen molar-refractivity contribution >= 4 is 34.8 Å². The van der Waals surface area contributed by atoms with Crippen LogP contribution < -0.4 is 19.9 Å². The van der Waals surface area contributed by atoms with Crippen LogP contribution in [0.3, 0.4) is 0 Å². The third-order valence-corrected chi connectivity index (χ3v) is 10.5. The van der Waals surface area contributed by atoms with E-state index in [1.165, 1.54) is 0 Å². The van der Waals surface area contributed by atoms with E-state index in [2.05, 4.69) is 5.32 Å². The zero-order valence-corrected chi connectivity index (χ0v) is 30.0. The van der Waals surface area contributed by atoms with Crippen LogP contribution in [0.15, 0.2) is 78.9 Å². The Morgan fingerprint density at radius 2 is 1.85 bits per heavy atom. The van der Waals surface area contributed by atoms with Crippen LogP contribution in [0.2, 0.25) is 0 Å². The van der Waals surface area contributed by atoms with E-state index in [1.54, 1.807) is 45.9 Å². The summed E-state index contributed by atoms with van der Waals surface area (Å²) in [6.45, 7) is 5.75. The molecule has 52 heavy (non-hydrogen) atoms. The molecular weight excluding hydrogens is 660 g/mol. The maximum Gasteiger partial charge on any atom is 0.264 e. The number of aliphatic hydroxyl groups is 3. The minimum absolute atomic E-state index is 0.0554. The Morgan fingerprint density at radius 3 is 2.60 bits per heavy atom. The highest BCUT2D eigenvalue weighted by molar-refractivity contribution is 6.08. The van der Waals surface area contributed by atoms with Gasteiger partial charge in [-0.25, -0.2) is 0 Å². The van der Waals surface area contributed by atoms with Crippen molar-refractivity contribution in [3.63, 3.8) is 0 Å². The number of likely N-dealkylation sites (tertiary alicyclic amines) is 1. The summed E-state index contributed by atoms with van der Waals surface area (Å²) in [5.74, 6) is -0.463. The topological polar surface area (TPSA) is 143 Å². The number of ether oxygens (including phenoxy) is 1. The molecule has 11 heteroatoms. The summed E-state index contributed by atoms with van der Waals surface area (Å²) >= 11 is 0. The first-order chi connectivity index (χ1) is 25.2. The first-order valence-electron chi connectivity index (χ1n) is 18.4. The summed E-state index contributed by atoms with van der Waals surface area (Å²) in [5, 5.41) is 34.2. The van der Waals surface area contributed by atoms with E-state index in [1.807, 2.05) is 61.5 Å². The molecule has 1 fully saturated rings. The number of nitrogens with one attached hydrogen (secondary N) is 1. The fraction of sp³-hybridized carbons (Fsp3) is 0.439. The first-order valence-corrected chi connectivity index (χ1v) is 18.4. The van der Waals surface area contributed by atoms with Gasteiger partial charge in [0.1, 0.15) is 5.75 Å². The van der Waals surface area contributed by atoms with Gasteiger partial charge in [-0.15, -0.1) is 0 Å². The van der Waals surface area contributed by atoms with E-state index < -0.39 is 23.5 Å². The molecule has 3 aliphatic heterocycles. The van der Waals surface area contributed by atoms with Gasteiger partial charge in [0.05, 0.1) is 43.2 Å². The van der Waals surface area contributed by atoms with Gasteiger partial charge in [-0.05, 0) is 93.1 Å². The number of amides is 3. The minimum atomic E-state index is -1.82. The number of rotatable bonds is 15. The lowest BCUT2D eigenvalue weighted by Gasteiger charge is -2.35. The molecule has 0 saturated carbocycles. The summed E-state index contributed by atoms with van der Waals surface area (Å²) < 4.78 is 5.76. The van der Waals surface area contributed by atoms with Crippen molar-refractivity contribution in [2.24, 2.45) is 5.92 Å². The maximum absolute atomic E-state index is 14.1. The van der Waals surface area contributed by atoms with Gasteiger partial charge >= 0.3 is 0 Å². The highest BCUT2D eigenvalue weighted by Gasteiger charge is 2.52. The normalized spacial score (nSPS) is 21.9. The van der Waals surface area contributed by atoms with Gasteiger partial charge in [0.25, 0.3) is 5.91 Å². The number of benzene rings is 3. The maximum atomic E-state index is 14.1. The molecule has 1 saturated heterocycles. The molecule has 1 unspecified atom stereocenters.